The minimum atomic E-state index is 0.872. The molecule has 4 heteroatoms. The zero-order valence-electron chi connectivity index (χ0n) is 10.6. The van der Waals surface area contributed by atoms with Crippen molar-refractivity contribution in [3.63, 3.8) is 0 Å². The summed E-state index contributed by atoms with van der Waals surface area (Å²) in [5.74, 6) is 2.06. The van der Waals surface area contributed by atoms with Crippen LogP contribution in [0.25, 0.3) is 11.0 Å². The summed E-state index contributed by atoms with van der Waals surface area (Å²) in [6.45, 7) is 5.15. The standard InChI is InChI=1S/C14H18BrN3/c1-2-18-13-6-5-11(15)7-12(13)17-14(18)9-16-8-10-3-4-10/h5-7,10,16H,2-4,8-9H2,1H3. The van der Waals surface area contributed by atoms with Crippen LogP contribution in [0.3, 0.4) is 0 Å². The third kappa shape index (κ3) is 2.45. The Labute approximate surface area is 116 Å². The minimum Gasteiger partial charge on any atom is -0.327 e. The number of aryl methyl sites for hydroxylation is 1. The number of hydrogen-bond donors (Lipinski definition) is 1. The summed E-state index contributed by atoms with van der Waals surface area (Å²) in [6, 6.07) is 6.31. The summed E-state index contributed by atoms with van der Waals surface area (Å²) in [4.78, 5) is 4.73. The molecule has 0 saturated heterocycles. The third-order valence-electron chi connectivity index (χ3n) is 3.52. The van der Waals surface area contributed by atoms with E-state index in [1.54, 1.807) is 0 Å². The van der Waals surface area contributed by atoms with Gasteiger partial charge in [-0.3, -0.25) is 0 Å². The Morgan fingerprint density at radius 2 is 2.28 bits per heavy atom. The van der Waals surface area contributed by atoms with E-state index in [4.69, 9.17) is 4.98 Å². The van der Waals surface area contributed by atoms with Crippen molar-refractivity contribution in [3.8, 4) is 0 Å². The lowest BCUT2D eigenvalue weighted by Crippen LogP contribution is -2.19. The van der Waals surface area contributed by atoms with E-state index >= 15 is 0 Å². The Morgan fingerprint density at radius 1 is 1.44 bits per heavy atom. The van der Waals surface area contributed by atoms with E-state index in [9.17, 15) is 0 Å². The summed E-state index contributed by atoms with van der Waals surface area (Å²) in [6.07, 6.45) is 2.79. The Kier molecular flexibility index (Phi) is 3.39. The number of nitrogens with one attached hydrogen (secondary N) is 1. The molecule has 1 aliphatic carbocycles. The first-order chi connectivity index (χ1) is 8.78. The van der Waals surface area contributed by atoms with Crippen LogP contribution in [-0.2, 0) is 13.1 Å². The van der Waals surface area contributed by atoms with Gasteiger partial charge in [0.1, 0.15) is 5.82 Å². The number of fused-ring (bicyclic) bond motifs is 1. The van der Waals surface area contributed by atoms with Gasteiger partial charge in [0.2, 0.25) is 0 Å². The van der Waals surface area contributed by atoms with Crippen molar-refractivity contribution in [2.24, 2.45) is 5.92 Å². The van der Waals surface area contributed by atoms with Crippen LogP contribution in [-0.4, -0.2) is 16.1 Å². The molecule has 1 aromatic heterocycles. The third-order valence-corrected chi connectivity index (χ3v) is 4.01. The van der Waals surface area contributed by atoms with Crippen molar-refractivity contribution in [1.29, 1.82) is 0 Å². The fourth-order valence-electron chi connectivity index (χ4n) is 2.35. The highest BCUT2D eigenvalue weighted by Crippen LogP contribution is 2.27. The molecule has 1 fully saturated rings. The van der Waals surface area contributed by atoms with Crippen molar-refractivity contribution in [1.82, 2.24) is 14.9 Å². The average molecular weight is 308 g/mol. The molecule has 3 rings (SSSR count). The predicted molar refractivity (Wildman–Crippen MR) is 77.5 cm³/mol. The quantitative estimate of drug-likeness (QED) is 0.918. The molecule has 1 heterocycles. The van der Waals surface area contributed by atoms with Gasteiger partial charge in [0.05, 0.1) is 17.6 Å². The molecule has 1 aromatic carbocycles. The number of halogens is 1. The second-order valence-electron chi connectivity index (χ2n) is 4.98. The highest BCUT2D eigenvalue weighted by molar-refractivity contribution is 9.10. The van der Waals surface area contributed by atoms with Crippen LogP contribution >= 0.6 is 15.9 Å². The molecule has 0 radical (unpaired) electrons. The zero-order valence-corrected chi connectivity index (χ0v) is 12.2. The maximum Gasteiger partial charge on any atom is 0.123 e. The van der Waals surface area contributed by atoms with Gasteiger partial charge in [-0.25, -0.2) is 4.98 Å². The number of rotatable bonds is 5. The van der Waals surface area contributed by atoms with E-state index < -0.39 is 0 Å². The molecule has 18 heavy (non-hydrogen) atoms. The van der Waals surface area contributed by atoms with Crippen molar-refractivity contribution < 1.29 is 0 Å². The first kappa shape index (κ1) is 12.2. The second-order valence-corrected chi connectivity index (χ2v) is 5.90. The van der Waals surface area contributed by atoms with Crippen LogP contribution in [0.15, 0.2) is 22.7 Å². The largest absolute Gasteiger partial charge is 0.327 e. The molecule has 0 spiro atoms. The molecule has 0 atom stereocenters. The fraction of sp³-hybridized carbons (Fsp3) is 0.500. The molecule has 1 aliphatic rings. The summed E-state index contributed by atoms with van der Waals surface area (Å²) >= 11 is 3.50. The van der Waals surface area contributed by atoms with Crippen LogP contribution in [0.5, 0.6) is 0 Å². The lowest BCUT2D eigenvalue weighted by atomic mass is 10.3. The van der Waals surface area contributed by atoms with Crippen LogP contribution in [0, 0.1) is 5.92 Å². The first-order valence-corrected chi connectivity index (χ1v) is 7.42. The highest BCUT2D eigenvalue weighted by atomic mass is 79.9. The monoisotopic (exact) mass is 307 g/mol. The van der Waals surface area contributed by atoms with Gasteiger partial charge in [-0.15, -0.1) is 0 Å². The van der Waals surface area contributed by atoms with E-state index in [0.717, 1.165) is 41.4 Å². The van der Waals surface area contributed by atoms with E-state index in [1.165, 1.54) is 18.4 Å². The lowest BCUT2D eigenvalue weighted by Gasteiger charge is -2.07. The molecule has 3 nitrogen and oxygen atoms in total. The molecule has 0 unspecified atom stereocenters. The van der Waals surface area contributed by atoms with Crippen LogP contribution in [0.2, 0.25) is 0 Å². The van der Waals surface area contributed by atoms with Crippen LogP contribution in [0.1, 0.15) is 25.6 Å². The molecule has 0 aliphatic heterocycles. The van der Waals surface area contributed by atoms with E-state index in [-0.39, 0.29) is 0 Å². The van der Waals surface area contributed by atoms with Gasteiger partial charge >= 0.3 is 0 Å². The average Bonchev–Trinajstić information content (AvgIpc) is 3.10. The minimum absolute atomic E-state index is 0.872. The van der Waals surface area contributed by atoms with E-state index in [1.807, 2.05) is 0 Å². The molecule has 1 saturated carbocycles. The summed E-state index contributed by atoms with van der Waals surface area (Å²) < 4.78 is 3.38. The molecule has 0 bridgehead atoms. The number of imidazole rings is 1. The Morgan fingerprint density at radius 3 is 3.00 bits per heavy atom. The Hall–Kier alpha value is -0.870. The normalized spacial score (nSPS) is 15.4. The van der Waals surface area contributed by atoms with Gasteiger partial charge in [-0.2, -0.15) is 0 Å². The van der Waals surface area contributed by atoms with E-state index in [0.29, 0.717) is 0 Å². The van der Waals surface area contributed by atoms with Crippen LogP contribution in [0.4, 0.5) is 0 Å². The number of nitrogens with zero attached hydrogens (tertiary/aromatic N) is 2. The van der Waals surface area contributed by atoms with E-state index in [2.05, 4.69) is 50.9 Å². The Balaban J connectivity index is 1.84. The number of aromatic nitrogens is 2. The second kappa shape index (κ2) is 5.02. The molecular weight excluding hydrogens is 290 g/mol. The van der Waals surface area contributed by atoms with Crippen molar-refractivity contribution in [2.45, 2.75) is 32.9 Å². The smallest absolute Gasteiger partial charge is 0.123 e. The van der Waals surface area contributed by atoms with Gasteiger partial charge < -0.3 is 9.88 Å². The number of hydrogen-bond acceptors (Lipinski definition) is 2. The molecule has 0 amide bonds. The maximum absolute atomic E-state index is 4.73. The van der Waals surface area contributed by atoms with Gasteiger partial charge in [-0.05, 0) is 50.4 Å². The molecule has 1 N–H and O–H groups in total. The number of benzene rings is 1. The van der Waals surface area contributed by atoms with Gasteiger partial charge in [0.25, 0.3) is 0 Å². The lowest BCUT2D eigenvalue weighted by molar-refractivity contribution is 0.594. The van der Waals surface area contributed by atoms with Gasteiger partial charge in [0, 0.05) is 11.0 Å². The Bertz CT molecular complexity index is 557. The molecular formula is C14H18BrN3. The predicted octanol–water partition coefficient (Wildman–Crippen LogP) is 3.32. The summed E-state index contributed by atoms with van der Waals surface area (Å²) in [7, 11) is 0. The first-order valence-electron chi connectivity index (χ1n) is 6.63. The van der Waals surface area contributed by atoms with Crippen molar-refractivity contribution >= 4 is 27.0 Å². The van der Waals surface area contributed by atoms with Gasteiger partial charge in [-0.1, -0.05) is 15.9 Å². The SMILES string of the molecule is CCn1c(CNCC2CC2)nc2cc(Br)ccc21. The topological polar surface area (TPSA) is 29.9 Å². The summed E-state index contributed by atoms with van der Waals surface area (Å²) in [5.41, 5.74) is 2.30. The van der Waals surface area contributed by atoms with Gasteiger partial charge in [0.15, 0.2) is 0 Å². The highest BCUT2D eigenvalue weighted by Gasteiger charge is 2.20. The zero-order chi connectivity index (χ0) is 12.5. The maximum atomic E-state index is 4.73. The van der Waals surface area contributed by atoms with Crippen molar-refractivity contribution in [2.75, 3.05) is 6.54 Å². The fourth-order valence-corrected chi connectivity index (χ4v) is 2.70. The molecule has 96 valence electrons. The molecule has 2 aromatic rings. The van der Waals surface area contributed by atoms with Crippen LogP contribution < -0.4 is 5.32 Å². The van der Waals surface area contributed by atoms with Crippen molar-refractivity contribution in [3.05, 3.63) is 28.5 Å². The summed E-state index contributed by atoms with van der Waals surface area (Å²) in [5, 5.41) is 3.52.